The highest BCUT2D eigenvalue weighted by atomic mass is 16.5. The van der Waals surface area contributed by atoms with Crippen LogP contribution in [0.4, 0.5) is 11.5 Å². The normalized spacial score (nSPS) is 11.8. The van der Waals surface area contributed by atoms with E-state index in [1.54, 1.807) is 4.52 Å². The number of nitrogens with zero attached hydrogens (tertiary/aromatic N) is 5. The summed E-state index contributed by atoms with van der Waals surface area (Å²) in [7, 11) is 0. The molecule has 132 valence electrons. The van der Waals surface area contributed by atoms with Gasteiger partial charge in [-0.2, -0.15) is 10.1 Å². The van der Waals surface area contributed by atoms with Gasteiger partial charge in [0.2, 0.25) is 11.7 Å². The second-order valence-corrected chi connectivity index (χ2v) is 6.66. The first-order valence-corrected chi connectivity index (χ1v) is 8.27. The number of nitrogens with one attached hydrogen (secondary N) is 1. The first-order valence-electron chi connectivity index (χ1n) is 8.27. The molecular formula is C18H19N7O. The van der Waals surface area contributed by atoms with Crippen molar-refractivity contribution >= 4 is 17.0 Å². The number of nitrogens with two attached hydrogens (primary N) is 1. The Kier molecular flexibility index (Phi) is 3.89. The molecule has 0 aliphatic rings. The summed E-state index contributed by atoms with van der Waals surface area (Å²) >= 11 is 0. The third kappa shape index (κ3) is 2.91. The van der Waals surface area contributed by atoms with Gasteiger partial charge >= 0.3 is 0 Å². The summed E-state index contributed by atoms with van der Waals surface area (Å²) in [5.41, 5.74) is 8.03. The molecule has 0 aliphatic heterocycles. The van der Waals surface area contributed by atoms with Crippen molar-refractivity contribution in [1.82, 2.24) is 24.7 Å². The number of benzene rings is 1. The molecule has 4 rings (SSSR count). The fourth-order valence-electron chi connectivity index (χ4n) is 2.54. The van der Waals surface area contributed by atoms with E-state index < -0.39 is 0 Å². The smallest absolute Gasteiger partial charge is 0.233 e. The van der Waals surface area contributed by atoms with Gasteiger partial charge in [-0.3, -0.25) is 0 Å². The number of hydrogen-bond donors (Lipinski definition) is 2. The van der Waals surface area contributed by atoms with Crippen LogP contribution in [0.15, 0.2) is 53.4 Å². The number of hydrogen-bond acceptors (Lipinski definition) is 7. The lowest BCUT2D eigenvalue weighted by atomic mass is 9.94. The lowest BCUT2D eigenvalue weighted by molar-refractivity contribution is 0.311. The van der Waals surface area contributed by atoms with Gasteiger partial charge in [-0.15, -0.1) is 0 Å². The van der Waals surface area contributed by atoms with Crippen LogP contribution < -0.4 is 11.1 Å². The number of aromatic nitrogens is 5. The van der Waals surface area contributed by atoms with Crippen LogP contribution in [-0.4, -0.2) is 31.3 Å². The van der Waals surface area contributed by atoms with Gasteiger partial charge in [0.25, 0.3) is 0 Å². The highest BCUT2D eigenvalue weighted by Crippen LogP contribution is 2.26. The zero-order valence-corrected chi connectivity index (χ0v) is 14.5. The third-order valence-corrected chi connectivity index (χ3v) is 4.23. The van der Waals surface area contributed by atoms with Crippen LogP contribution in [0.5, 0.6) is 0 Å². The number of rotatable bonds is 5. The SMILES string of the molecule is CC(C)(CN)c1nc(-c2cccc(Nc3ncnn4cccc34)c2)no1. The van der Waals surface area contributed by atoms with Gasteiger partial charge in [0.05, 0.1) is 5.41 Å². The molecule has 8 heteroatoms. The van der Waals surface area contributed by atoms with Crippen LogP contribution in [0, 0.1) is 0 Å². The highest BCUT2D eigenvalue weighted by Gasteiger charge is 2.26. The van der Waals surface area contributed by atoms with Crippen molar-refractivity contribution in [3.63, 3.8) is 0 Å². The van der Waals surface area contributed by atoms with Crippen molar-refractivity contribution in [2.24, 2.45) is 5.73 Å². The van der Waals surface area contributed by atoms with Gasteiger partial charge in [0.1, 0.15) is 11.8 Å². The number of anilines is 2. The van der Waals surface area contributed by atoms with Crippen LogP contribution in [-0.2, 0) is 5.41 Å². The molecule has 4 aromatic rings. The van der Waals surface area contributed by atoms with Crippen molar-refractivity contribution in [3.8, 4) is 11.4 Å². The third-order valence-electron chi connectivity index (χ3n) is 4.23. The van der Waals surface area contributed by atoms with Crippen molar-refractivity contribution in [2.75, 3.05) is 11.9 Å². The van der Waals surface area contributed by atoms with Crippen LogP contribution in [0.25, 0.3) is 16.9 Å². The molecule has 0 amide bonds. The monoisotopic (exact) mass is 349 g/mol. The van der Waals surface area contributed by atoms with Crippen LogP contribution in [0.2, 0.25) is 0 Å². The van der Waals surface area contributed by atoms with Crippen LogP contribution in [0.3, 0.4) is 0 Å². The fraction of sp³-hybridized carbons (Fsp3) is 0.222. The van der Waals surface area contributed by atoms with Crippen LogP contribution >= 0.6 is 0 Å². The maximum absolute atomic E-state index is 5.78. The summed E-state index contributed by atoms with van der Waals surface area (Å²) in [6.45, 7) is 4.37. The Balaban J connectivity index is 1.64. The fourth-order valence-corrected chi connectivity index (χ4v) is 2.54. The molecule has 0 unspecified atom stereocenters. The summed E-state index contributed by atoms with van der Waals surface area (Å²) in [4.78, 5) is 8.82. The molecule has 0 bridgehead atoms. The number of fused-ring (bicyclic) bond motifs is 1. The van der Waals surface area contributed by atoms with Crippen molar-refractivity contribution < 1.29 is 4.52 Å². The molecule has 3 N–H and O–H groups in total. The van der Waals surface area contributed by atoms with Gasteiger partial charge in [-0.05, 0) is 38.1 Å². The Labute approximate surface area is 150 Å². The van der Waals surface area contributed by atoms with Gasteiger partial charge in [-0.25, -0.2) is 9.50 Å². The van der Waals surface area contributed by atoms with Crippen molar-refractivity contribution in [1.29, 1.82) is 0 Å². The summed E-state index contributed by atoms with van der Waals surface area (Å²) in [6, 6.07) is 11.6. The van der Waals surface area contributed by atoms with Crippen molar-refractivity contribution in [2.45, 2.75) is 19.3 Å². The summed E-state index contributed by atoms with van der Waals surface area (Å²) in [5.74, 6) is 1.78. The summed E-state index contributed by atoms with van der Waals surface area (Å²) in [5, 5.41) is 11.6. The van der Waals surface area contributed by atoms with E-state index in [0.29, 0.717) is 18.3 Å². The minimum absolute atomic E-state index is 0.358. The molecule has 3 aromatic heterocycles. The molecule has 26 heavy (non-hydrogen) atoms. The standard InChI is InChI=1S/C18H19N7O/c1-18(2,10-19)17-23-15(24-26-17)12-5-3-6-13(9-12)22-16-14-7-4-8-25(14)21-11-20-16/h3-9,11H,10,19H2,1-2H3,(H,20,21,22). The zero-order valence-electron chi connectivity index (χ0n) is 14.5. The van der Waals surface area contributed by atoms with Gasteiger partial charge in [-0.1, -0.05) is 17.3 Å². The Hall–Kier alpha value is -3.26. The molecule has 0 saturated heterocycles. The Bertz CT molecular complexity index is 1050. The minimum Gasteiger partial charge on any atom is -0.338 e. The van der Waals surface area contributed by atoms with E-state index in [1.807, 2.05) is 56.4 Å². The van der Waals surface area contributed by atoms with Gasteiger partial charge in [0, 0.05) is 24.0 Å². The van der Waals surface area contributed by atoms with E-state index in [1.165, 1.54) is 6.33 Å². The quantitative estimate of drug-likeness (QED) is 0.570. The second-order valence-electron chi connectivity index (χ2n) is 6.66. The van der Waals surface area contributed by atoms with E-state index in [-0.39, 0.29) is 5.41 Å². The molecular weight excluding hydrogens is 330 g/mol. The summed E-state index contributed by atoms with van der Waals surface area (Å²) < 4.78 is 7.16. The minimum atomic E-state index is -0.358. The Morgan fingerprint density at radius 3 is 2.96 bits per heavy atom. The van der Waals surface area contributed by atoms with Gasteiger partial charge < -0.3 is 15.6 Å². The Morgan fingerprint density at radius 2 is 2.12 bits per heavy atom. The zero-order chi connectivity index (χ0) is 18.1. The van der Waals surface area contributed by atoms with E-state index in [9.17, 15) is 0 Å². The first-order chi connectivity index (χ1) is 12.6. The highest BCUT2D eigenvalue weighted by molar-refractivity contribution is 5.74. The molecule has 0 spiro atoms. The molecule has 8 nitrogen and oxygen atoms in total. The second kappa shape index (κ2) is 6.23. The predicted octanol–water partition coefficient (Wildman–Crippen LogP) is 2.76. The predicted molar refractivity (Wildman–Crippen MR) is 98.1 cm³/mol. The average molecular weight is 349 g/mol. The molecule has 0 fully saturated rings. The lowest BCUT2D eigenvalue weighted by Gasteiger charge is -2.15. The Morgan fingerprint density at radius 1 is 1.23 bits per heavy atom. The van der Waals surface area contributed by atoms with Gasteiger partial charge in [0.15, 0.2) is 5.82 Å². The molecule has 0 radical (unpaired) electrons. The molecule has 0 saturated carbocycles. The average Bonchev–Trinajstić information content (AvgIpc) is 3.32. The molecule has 0 aliphatic carbocycles. The molecule has 3 heterocycles. The van der Waals surface area contributed by atoms with E-state index in [4.69, 9.17) is 10.3 Å². The molecule has 0 atom stereocenters. The largest absolute Gasteiger partial charge is 0.338 e. The van der Waals surface area contributed by atoms with Crippen LogP contribution in [0.1, 0.15) is 19.7 Å². The maximum atomic E-state index is 5.78. The van der Waals surface area contributed by atoms with E-state index in [2.05, 4.69) is 25.5 Å². The topological polar surface area (TPSA) is 107 Å². The maximum Gasteiger partial charge on any atom is 0.233 e. The summed E-state index contributed by atoms with van der Waals surface area (Å²) in [6.07, 6.45) is 3.39. The first kappa shape index (κ1) is 16.2. The lowest BCUT2D eigenvalue weighted by Crippen LogP contribution is -2.28. The van der Waals surface area contributed by atoms with E-state index >= 15 is 0 Å². The van der Waals surface area contributed by atoms with Crippen molar-refractivity contribution in [3.05, 3.63) is 54.8 Å². The van der Waals surface area contributed by atoms with E-state index in [0.717, 1.165) is 22.6 Å². The molecule has 1 aromatic carbocycles.